The van der Waals surface area contributed by atoms with Crippen molar-refractivity contribution in [3.05, 3.63) is 17.5 Å². The number of aliphatic hydroxyl groups is 1. The minimum Gasteiger partial charge on any atom is -0.393 e. The largest absolute Gasteiger partial charge is 0.393 e. The van der Waals surface area contributed by atoms with Crippen LogP contribution in [0.1, 0.15) is 24.8 Å². The summed E-state index contributed by atoms with van der Waals surface area (Å²) in [7, 11) is 0. The zero-order valence-corrected chi connectivity index (χ0v) is 9.31. The van der Waals surface area contributed by atoms with Gasteiger partial charge in [0.25, 0.3) is 0 Å². The molecule has 84 valence electrons. The maximum absolute atomic E-state index is 9.60. The third kappa shape index (κ3) is 2.58. The number of hydrogen-bond donors (Lipinski definition) is 1. The number of piperidine rings is 1. The Bertz CT molecular complexity index is 324. The highest BCUT2D eigenvalue weighted by Gasteiger charge is 2.24. The summed E-state index contributed by atoms with van der Waals surface area (Å²) in [5.41, 5.74) is 0.982. The summed E-state index contributed by atoms with van der Waals surface area (Å²) in [4.78, 5) is 2.31. The van der Waals surface area contributed by atoms with Crippen molar-refractivity contribution in [2.75, 3.05) is 13.1 Å². The van der Waals surface area contributed by atoms with Gasteiger partial charge in [-0.05, 0) is 19.3 Å². The van der Waals surface area contributed by atoms with Crippen LogP contribution < -0.4 is 0 Å². The van der Waals surface area contributed by atoms with E-state index in [-0.39, 0.29) is 6.10 Å². The number of aromatic nitrogens is 1. The first-order valence-electron chi connectivity index (χ1n) is 5.48. The van der Waals surface area contributed by atoms with Gasteiger partial charge in [0.2, 0.25) is 0 Å². The molecule has 0 aliphatic carbocycles. The van der Waals surface area contributed by atoms with E-state index in [4.69, 9.17) is 4.52 Å². The molecule has 0 radical (unpaired) electrons. The van der Waals surface area contributed by atoms with E-state index in [2.05, 4.69) is 17.0 Å². The molecule has 0 spiro atoms. The quantitative estimate of drug-likeness (QED) is 0.796. The van der Waals surface area contributed by atoms with Crippen LogP contribution in [0.3, 0.4) is 0 Å². The molecule has 2 rings (SSSR count). The molecule has 2 unspecified atom stereocenters. The topological polar surface area (TPSA) is 49.5 Å². The van der Waals surface area contributed by atoms with Crippen LogP contribution in [0.25, 0.3) is 0 Å². The highest BCUT2D eigenvalue weighted by molar-refractivity contribution is 5.03. The van der Waals surface area contributed by atoms with Crippen LogP contribution in [-0.2, 0) is 6.54 Å². The van der Waals surface area contributed by atoms with Crippen molar-refractivity contribution in [3.63, 3.8) is 0 Å². The van der Waals surface area contributed by atoms with Gasteiger partial charge in [-0.15, -0.1) is 0 Å². The lowest BCUT2D eigenvalue weighted by Gasteiger charge is -2.33. The number of likely N-dealkylation sites (tertiary alicyclic amines) is 1. The second-order valence-electron chi connectivity index (χ2n) is 4.50. The van der Waals surface area contributed by atoms with Crippen LogP contribution in [0, 0.1) is 12.8 Å². The third-order valence-electron chi connectivity index (χ3n) is 3.01. The van der Waals surface area contributed by atoms with Crippen molar-refractivity contribution in [3.8, 4) is 0 Å². The van der Waals surface area contributed by atoms with E-state index in [0.717, 1.165) is 37.5 Å². The summed E-state index contributed by atoms with van der Waals surface area (Å²) in [5.74, 6) is 1.21. The summed E-state index contributed by atoms with van der Waals surface area (Å²) < 4.78 is 5.03. The minimum absolute atomic E-state index is 0.139. The van der Waals surface area contributed by atoms with E-state index in [9.17, 15) is 5.11 Å². The Morgan fingerprint density at radius 3 is 3.07 bits per heavy atom. The Morgan fingerprint density at radius 2 is 2.47 bits per heavy atom. The van der Waals surface area contributed by atoms with Gasteiger partial charge in [0.15, 0.2) is 0 Å². The fourth-order valence-electron chi connectivity index (χ4n) is 2.08. The molecule has 1 saturated heterocycles. The molecule has 2 atom stereocenters. The van der Waals surface area contributed by atoms with Crippen molar-refractivity contribution in [2.45, 2.75) is 32.9 Å². The lowest BCUT2D eigenvalue weighted by atomic mass is 9.97. The lowest BCUT2D eigenvalue weighted by Crippen LogP contribution is -2.41. The van der Waals surface area contributed by atoms with E-state index in [1.165, 1.54) is 0 Å². The number of aliphatic hydroxyl groups excluding tert-OH is 1. The predicted molar refractivity (Wildman–Crippen MR) is 56.3 cm³/mol. The number of rotatable bonds is 2. The number of nitrogens with zero attached hydrogens (tertiary/aromatic N) is 2. The fraction of sp³-hybridized carbons (Fsp3) is 0.727. The molecule has 1 fully saturated rings. The van der Waals surface area contributed by atoms with Gasteiger partial charge in [-0.25, -0.2) is 0 Å². The molecule has 15 heavy (non-hydrogen) atoms. The number of hydrogen-bond acceptors (Lipinski definition) is 4. The molecule has 1 aromatic rings. The molecule has 0 saturated carbocycles. The van der Waals surface area contributed by atoms with Gasteiger partial charge < -0.3 is 9.63 Å². The Kier molecular flexibility index (Phi) is 3.07. The average molecular weight is 210 g/mol. The number of aryl methyl sites for hydroxylation is 1. The van der Waals surface area contributed by atoms with Gasteiger partial charge in [0.05, 0.1) is 11.8 Å². The van der Waals surface area contributed by atoms with Crippen LogP contribution in [-0.4, -0.2) is 34.4 Å². The first-order valence-corrected chi connectivity index (χ1v) is 5.48. The fourth-order valence-corrected chi connectivity index (χ4v) is 2.08. The highest BCUT2D eigenvalue weighted by Crippen LogP contribution is 2.18. The summed E-state index contributed by atoms with van der Waals surface area (Å²) in [5, 5.41) is 13.6. The van der Waals surface area contributed by atoms with Crippen LogP contribution in [0.15, 0.2) is 10.6 Å². The van der Waals surface area contributed by atoms with Gasteiger partial charge in [-0.2, -0.15) is 0 Å². The van der Waals surface area contributed by atoms with Crippen molar-refractivity contribution in [2.24, 2.45) is 5.92 Å². The zero-order valence-electron chi connectivity index (χ0n) is 9.31. The maximum Gasteiger partial charge on any atom is 0.133 e. The molecule has 1 aliphatic heterocycles. The molecule has 1 aromatic heterocycles. The normalized spacial score (nSPS) is 28.2. The molecule has 0 amide bonds. The van der Waals surface area contributed by atoms with Crippen LogP contribution in [0.2, 0.25) is 0 Å². The van der Waals surface area contributed by atoms with E-state index in [1.54, 1.807) is 0 Å². The van der Waals surface area contributed by atoms with Gasteiger partial charge in [0, 0.05) is 25.7 Å². The monoisotopic (exact) mass is 210 g/mol. The minimum atomic E-state index is -0.139. The van der Waals surface area contributed by atoms with Gasteiger partial charge >= 0.3 is 0 Å². The summed E-state index contributed by atoms with van der Waals surface area (Å²) >= 11 is 0. The Morgan fingerprint density at radius 1 is 1.67 bits per heavy atom. The first kappa shape index (κ1) is 10.6. The van der Waals surface area contributed by atoms with Crippen molar-refractivity contribution < 1.29 is 9.63 Å². The maximum atomic E-state index is 9.60. The Hall–Kier alpha value is -0.870. The zero-order chi connectivity index (χ0) is 10.8. The molecular formula is C11H18N2O2. The van der Waals surface area contributed by atoms with Gasteiger partial charge in [-0.3, -0.25) is 4.90 Å². The second kappa shape index (κ2) is 4.33. The Labute approximate surface area is 89.9 Å². The van der Waals surface area contributed by atoms with Crippen molar-refractivity contribution in [1.29, 1.82) is 0 Å². The molecule has 0 aromatic carbocycles. The summed E-state index contributed by atoms with van der Waals surface area (Å²) in [6.07, 6.45) is 0.721. The summed E-state index contributed by atoms with van der Waals surface area (Å²) in [6.45, 7) is 6.70. The molecule has 1 aliphatic rings. The third-order valence-corrected chi connectivity index (χ3v) is 3.01. The molecule has 1 N–H and O–H groups in total. The van der Waals surface area contributed by atoms with E-state index in [1.807, 2.05) is 13.0 Å². The van der Waals surface area contributed by atoms with Gasteiger partial charge in [-0.1, -0.05) is 12.1 Å². The van der Waals surface area contributed by atoms with E-state index >= 15 is 0 Å². The highest BCUT2D eigenvalue weighted by atomic mass is 16.5. The molecular weight excluding hydrogens is 192 g/mol. The molecule has 4 heteroatoms. The van der Waals surface area contributed by atoms with Crippen LogP contribution in [0.4, 0.5) is 0 Å². The van der Waals surface area contributed by atoms with Crippen LogP contribution in [0.5, 0.6) is 0 Å². The van der Waals surface area contributed by atoms with Crippen LogP contribution >= 0.6 is 0 Å². The SMILES string of the molecule is Cc1cc(CN2CCC(O)C(C)C2)no1. The van der Waals surface area contributed by atoms with Crippen molar-refractivity contribution >= 4 is 0 Å². The van der Waals surface area contributed by atoms with E-state index in [0.29, 0.717) is 5.92 Å². The Balaban J connectivity index is 1.90. The standard InChI is InChI=1S/C11H18N2O2/c1-8-6-13(4-3-11(8)14)7-10-5-9(2)15-12-10/h5,8,11,14H,3-4,6-7H2,1-2H3. The molecule has 4 nitrogen and oxygen atoms in total. The van der Waals surface area contributed by atoms with Gasteiger partial charge in [0.1, 0.15) is 5.76 Å². The second-order valence-corrected chi connectivity index (χ2v) is 4.50. The smallest absolute Gasteiger partial charge is 0.133 e. The van der Waals surface area contributed by atoms with E-state index < -0.39 is 0 Å². The predicted octanol–water partition coefficient (Wildman–Crippen LogP) is 1.19. The summed E-state index contributed by atoms with van der Waals surface area (Å²) in [6, 6.07) is 1.97. The van der Waals surface area contributed by atoms with Crippen molar-refractivity contribution in [1.82, 2.24) is 10.1 Å². The lowest BCUT2D eigenvalue weighted by molar-refractivity contribution is 0.0312. The molecule has 0 bridgehead atoms. The average Bonchev–Trinajstić information content (AvgIpc) is 2.58. The molecule has 2 heterocycles. The first-order chi connectivity index (χ1) is 7.15.